The number of anilines is 1. The summed E-state index contributed by atoms with van der Waals surface area (Å²) >= 11 is 1.06. The predicted molar refractivity (Wildman–Crippen MR) is 62.3 cm³/mol. The average Bonchev–Trinajstić information content (AvgIpc) is 2.14. The Labute approximate surface area is 97.6 Å². The number of hydrogen-bond donors (Lipinski definition) is 2. The molecule has 3 N–H and O–H groups in total. The van der Waals surface area contributed by atoms with Crippen LogP contribution in [0.3, 0.4) is 0 Å². The SMILES string of the molecule is CS(=O)(=O)c1ccc(SCC(=O)O)c(N)c1. The molecule has 16 heavy (non-hydrogen) atoms. The van der Waals surface area contributed by atoms with Gasteiger partial charge in [0, 0.05) is 16.8 Å². The average molecular weight is 261 g/mol. The molecule has 0 aliphatic carbocycles. The summed E-state index contributed by atoms with van der Waals surface area (Å²) in [4.78, 5) is 11.0. The molecule has 1 aromatic carbocycles. The number of carbonyl (C=O) groups is 1. The number of rotatable bonds is 4. The highest BCUT2D eigenvalue weighted by Crippen LogP contribution is 2.27. The van der Waals surface area contributed by atoms with Crippen molar-refractivity contribution in [2.24, 2.45) is 0 Å². The van der Waals surface area contributed by atoms with Crippen molar-refractivity contribution in [3.63, 3.8) is 0 Å². The summed E-state index contributed by atoms with van der Waals surface area (Å²) < 4.78 is 22.4. The predicted octanol–water partition coefficient (Wildman–Crippen LogP) is 0.849. The lowest BCUT2D eigenvalue weighted by molar-refractivity contribution is -0.133. The zero-order chi connectivity index (χ0) is 12.3. The highest BCUT2D eigenvalue weighted by atomic mass is 32.2. The first-order valence-corrected chi connectivity index (χ1v) is 7.12. The molecule has 0 spiro atoms. The molecular weight excluding hydrogens is 250 g/mol. The van der Waals surface area contributed by atoms with Crippen molar-refractivity contribution < 1.29 is 18.3 Å². The monoisotopic (exact) mass is 261 g/mol. The maximum absolute atomic E-state index is 11.2. The standard InChI is InChI=1S/C9H11NO4S2/c1-16(13,14)6-2-3-8(7(10)4-6)15-5-9(11)12/h2-4H,5,10H2,1H3,(H,11,12). The third kappa shape index (κ3) is 3.42. The topological polar surface area (TPSA) is 97.5 Å². The smallest absolute Gasteiger partial charge is 0.313 e. The molecule has 1 aromatic rings. The molecule has 0 heterocycles. The van der Waals surface area contributed by atoms with Crippen LogP contribution in [0.4, 0.5) is 5.69 Å². The molecule has 0 unspecified atom stereocenters. The lowest BCUT2D eigenvalue weighted by Crippen LogP contribution is -2.01. The summed E-state index contributed by atoms with van der Waals surface area (Å²) in [7, 11) is -3.28. The van der Waals surface area contributed by atoms with E-state index in [-0.39, 0.29) is 16.3 Å². The van der Waals surface area contributed by atoms with Gasteiger partial charge in [0.15, 0.2) is 9.84 Å². The third-order valence-electron chi connectivity index (χ3n) is 1.76. The van der Waals surface area contributed by atoms with E-state index in [1.807, 2.05) is 0 Å². The van der Waals surface area contributed by atoms with Crippen molar-refractivity contribution in [1.82, 2.24) is 0 Å². The fourth-order valence-corrected chi connectivity index (χ4v) is 2.35. The van der Waals surface area contributed by atoms with Crippen LogP contribution in [0.25, 0.3) is 0 Å². The first-order chi connectivity index (χ1) is 7.30. The van der Waals surface area contributed by atoms with E-state index in [1.165, 1.54) is 18.2 Å². The Kier molecular flexibility index (Phi) is 3.82. The molecule has 0 atom stereocenters. The van der Waals surface area contributed by atoms with Gasteiger partial charge in [-0.3, -0.25) is 4.79 Å². The van der Waals surface area contributed by atoms with Crippen molar-refractivity contribution in [1.29, 1.82) is 0 Å². The number of benzene rings is 1. The molecule has 0 saturated carbocycles. The Morgan fingerprint density at radius 2 is 2.12 bits per heavy atom. The van der Waals surface area contributed by atoms with E-state index in [2.05, 4.69) is 0 Å². The van der Waals surface area contributed by atoms with E-state index in [4.69, 9.17) is 10.8 Å². The molecule has 0 fully saturated rings. The lowest BCUT2D eigenvalue weighted by Gasteiger charge is -2.05. The van der Waals surface area contributed by atoms with E-state index in [9.17, 15) is 13.2 Å². The fourth-order valence-electron chi connectivity index (χ4n) is 1.03. The molecule has 7 heteroatoms. The Hall–Kier alpha value is -1.21. The lowest BCUT2D eigenvalue weighted by atomic mass is 10.3. The van der Waals surface area contributed by atoms with Crippen molar-refractivity contribution in [2.75, 3.05) is 17.7 Å². The van der Waals surface area contributed by atoms with Crippen molar-refractivity contribution in [3.05, 3.63) is 18.2 Å². The van der Waals surface area contributed by atoms with Crippen LogP contribution in [0.5, 0.6) is 0 Å². The summed E-state index contributed by atoms with van der Waals surface area (Å²) in [6.07, 6.45) is 1.09. The van der Waals surface area contributed by atoms with Gasteiger partial charge in [0.1, 0.15) is 0 Å². The molecule has 1 rings (SSSR count). The Balaban J connectivity index is 2.96. The van der Waals surface area contributed by atoms with Gasteiger partial charge in [-0.2, -0.15) is 0 Å². The van der Waals surface area contributed by atoms with Gasteiger partial charge in [0.05, 0.1) is 10.6 Å². The van der Waals surface area contributed by atoms with Crippen LogP contribution in [-0.4, -0.2) is 31.5 Å². The number of carboxylic acid groups (broad SMARTS) is 1. The van der Waals surface area contributed by atoms with Gasteiger partial charge in [-0.05, 0) is 18.2 Å². The Morgan fingerprint density at radius 3 is 2.56 bits per heavy atom. The van der Waals surface area contributed by atoms with Crippen molar-refractivity contribution >= 4 is 33.3 Å². The van der Waals surface area contributed by atoms with E-state index in [1.54, 1.807) is 0 Å². The van der Waals surface area contributed by atoms with E-state index < -0.39 is 15.8 Å². The van der Waals surface area contributed by atoms with Crippen molar-refractivity contribution in [2.45, 2.75) is 9.79 Å². The maximum Gasteiger partial charge on any atom is 0.313 e. The number of sulfone groups is 1. The number of nitrogen functional groups attached to an aromatic ring is 1. The molecule has 0 aliphatic heterocycles. The van der Waals surface area contributed by atoms with Crippen LogP contribution in [0.2, 0.25) is 0 Å². The number of carboxylic acids is 1. The van der Waals surface area contributed by atoms with Crippen LogP contribution in [0.15, 0.2) is 28.0 Å². The minimum Gasteiger partial charge on any atom is -0.481 e. The highest BCUT2D eigenvalue weighted by molar-refractivity contribution is 8.00. The van der Waals surface area contributed by atoms with Crippen LogP contribution >= 0.6 is 11.8 Å². The number of hydrogen-bond acceptors (Lipinski definition) is 5. The molecule has 0 bridgehead atoms. The summed E-state index contributed by atoms with van der Waals surface area (Å²) in [6.45, 7) is 0. The quantitative estimate of drug-likeness (QED) is 0.616. The van der Waals surface area contributed by atoms with Gasteiger partial charge in [-0.15, -0.1) is 11.8 Å². The van der Waals surface area contributed by atoms with E-state index in [0.29, 0.717) is 4.90 Å². The molecule has 0 radical (unpaired) electrons. The fraction of sp³-hybridized carbons (Fsp3) is 0.222. The molecular formula is C9H11NO4S2. The number of aliphatic carboxylic acids is 1. The van der Waals surface area contributed by atoms with Crippen LogP contribution in [-0.2, 0) is 14.6 Å². The van der Waals surface area contributed by atoms with E-state index >= 15 is 0 Å². The second-order valence-corrected chi connectivity index (χ2v) is 6.19. The number of nitrogens with two attached hydrogens (primary N) is 1. The summed E-state index contributed by atoms with van der Waals surface area (Å²) in [6, 6.07) is 4.26. The van der Waals surface area contributed by atoms with Gasteiger partial charge in [0.25, 0.3) is 0 Å². The molecule has 5 nitrogen and oxygen atoms in total. The Bertz CT molecular complexity index is 510. The molecule has 0 saturated heterocycles. The van der Waals surface area contributed by atoms with Gasteiger partial charge in [-0.25, -0.2) is 8.42 Å². The van der Waals surface area contributed by atoms with Crippen LogP contribution < -0.4 is 5.73 Å². The first-order valence-electron chi connectivity index (χ1n) is 4.25. The summed E-state index contributed by atoms with van der Waals surface area (Å²) in [5.41, 5.74) is 5.90. The second kappa shape index (κ2) is 4.75. The first kappa shape index (κ1) is 12.9. The number of thioether (sulfide) groups is 1. The maximum atomic E-state index is 11.2. The van der Waals surface area contributed by atoms with Crippen molar-refractivity contribution in [3.8, 4) is 0 Å². The molecule has 0 aromatic heterocycles. The van der Waals surface area contributed by atoms with Gasteiger partial charge in [-0.1, -0.05) is 0 Å². The van der Waals surface area contributed by atoms with Crippen LogP contribution in [0, 0.1) is 0 Å². The zero-order valence-electron chi connectivity index (χ0n) is 8.50. The Morgan fingerprint density at radius 1 is 1.50 bits per heavy atom. The summed E-state index contributed by atoms with van der Waals surface area (Å²) in [5.74, 6) is -1.06. The minimum atomic E-state index is -3.28. The highest BCUT2D eigenvalue weighted by Gasteiger charge is 2.10. The normalized spacial score (nSPS) is 11.3. The molecule has 0 aliphatic rings. The van der Waals surface area contributed by atoms with Crippen LogP contribution in [0.1, 0.15) is 0 Å². The van der Waals surface area contributed by atoms with Gasteiger partial charge in [0.2, 0.25) is 0 Å². The van der Waals surface area contributed by atoms with E-state index in [0.717, 1.165) is 18.0 Å². The second-order valence-electron chi connectivity index (χ2n) is 3.15. The molecule has 88 valence electrons. The zero-order valence-corrected chi connectivity index (χ0v) is 10.1. The minimum absolute atomic E-state index is 0.109. The summed E-state index contributed by atoms with van der Waals surface area (Å²) in [5, 5.41) is 8.49. The van der Waals surface area contributed by atoms with Gasteiger partial charge >= 0.3 is 5.97 Å². The largest absolute Gasteiger partial charge is 0.481 e. The van der Waals surface area contributed by atoms with Gasteiger partial charge < -0.3 is 10.8 Å². The molecule has 0 amide bonds. The third-order valence-corrected chi connectivity index (χ3v) is 3.94.